The van der Waals surface area contributed by atoms with Gasteiger partial charge in [-0.3, -0.25) is 9.29 Å². The summed E-state index contributed by atoms with van der Waals surface area (Å²) in [5.41, 5.74) is 1.66. The van der Waals surface area contributed by atoms with Gasteiger partial charge < -0.3 is 20.1 Å². The molecule has 0 amide bonds. The van der Waals surface area contributed by atoms with Crippen LogP contribution < -0.4 is 14.9 Å². The molecule has 3 aromatic carbocycles. The Balaban J connectivity index is 1.23. The number of rotatable bonds is 8. The lowest BCUT2D eigenvalue weighted by Gasteiger charge is -2.33. The number of halogens is 4. The molecule has 246 valence electrons. The number of sulfonamides is 1. The number of imidazole rings is 1. The zero-order valence-electron chi connectivity index (χ0n) is 24.6. The van der Waals surface area contributed by atoms with Crippen molar-refractivity contribution in [1.29, 1.82) is 0 Å². The summed E-state index contributed by atoms with van der Waals surface area (Å²) in [6.07, 6.45) is 2.52. The molecule has 3 N–H and O–H groups in total. The summed E-state index contributed by atoms with van der Waals surface area (Å²) < 4.78 is 66.4. The van der Waals surface area contributed by atoms with Crippen molar-refractivity contribution in [2.24, 2.45) is 0 Å². The zero-order chi connectivity index (χ0) is 33.6. The summed E-state index contributed by atoms with van der Waals surface area (Å²) in [7, 11) is -4.41. The Morgan fingerprint density at radius 3 is 2.67 bits per heavy atom. The molecular weight excluding hydrogens is 689 g/mol. The number of nitrogens with one attached hydrogen (secondary N) is 2. The van der Waals surface area contributed by atoms with E-state index in [9.17, 15) is 13.5 Å². The number of hydrogen-bond acceptors (Lipinski definition) is 10. The van der Waals surface area contributed by atoms with Crippen molar-refractivity contribution in [3.63, 3.8) is 0 Å². The number of aliphatic hydroxyl groups is 1. The van der Waals surface area contributed by atoms with Crippen LogP contribution in [0.4, 0.5) is 31.7 Å². The fourth-order valence-electron chi connectivity index (χ4n) is 5.42. The molecule has 6 aromatic rings. The van der Waals surface area contributed by atoms with E-state index in [-0.39, 0.29) is 39.0 Å². The summed E-state index contributed by atoms with van der Waals surface area (Å²) in [6, 6.07) is 15.0. The molecule has 17 heteroatoms. The first-order valence-corrected chi connectivity index (χ1v) is 16.7. The van der Waals surface area contributed by atoms with Crippen molar-refractivity contribution in [2.75, 3.05) is 41.2 Å². The van der Waals surface area contributed by atoms with Gasteiger partial charge in [-0.15, -0.1) is 0 Å². The van der Waals surface area contributed by atoms with Gasteiger partial charge in [-0.05, 0) is 48.5 Å². The molecule has 0 radical (unpaired) electrons. The van der Waals surface area contributed by atoms with Gasteiger partial charge in [0.2, 0.25) is 0 Å². The highest BCUT2D eigenvalue weighted by molar-refractivity contribution is 7.92. The predicted octanol–water partition coefficient (Wildman–Crippen LogP) is 5.69. The van der Waals surface area contributed by atoms with Gasteiger partial charge in [0.1, 0.15) is 45.9 Å². The number of para-hydroxylation sites is 1. The minimum absolute atomic E-state index is 0.0126. The second kappa shape index (κ2) is 12.7. The molecule has 4 heterocycles. The van der Waals surface area contributed by atoms with E-state index in [0.29, 0.717) is 36.5 Å². The molecule has 0 unspecified atom stereocenters. The number of aliphatic hydroxyl groups excluding tert-OH is 1. The Morgan fingerprint density at radius 2 is 1.83 bits per heavy atom. The number of benzene rings is 3. The molecule has 0 aliphatic carbocycles. The maximum atomic E-state index is 15.8. The molecule has 1 saturated heterocycles. The van der Waals surface area contributed by atoms with E-state index in [1.165, 1.54) is 24.5 Å². The molecule has 48 heavy (non-hydrogen) atoms. The maximum Gasteiger partial charge on any atom is 0.263 e. The molecule has 3 aromatic heterocycles. The molecule has 1 aliphatic heterocycles. The van der Waals surface area contributed by atoms with Crippen molar-refractivity contribution in [3.05, 3.63) is 95.0 Å². The van der Waals surface area contributed by atoms with Crippen LogP contribution in [0.5, 0.6) is 0 Å². The molecule has 1 atom stereocenters. The Labute approximate surface area is 282 Å². The van der Waals surface area contributed by atoms with Crippen molar-refractivity contribution in [1.82, 2.24) is 24.5 Å². The Morgan fingerprint density at radius 1 is 1.00 bits per heavy atom. The van der Waals surface area contributed by atoms with Crippen LogP contribution in [0.25, 0.3) is 27.9 Å². The van der Waals surface area contributed by atoms with Gasteiger partial charge in [0, 0.05) is 13.1 Å². The molecule has 12 nitrogen and oxygen atoms in total. The maximum absolute atomic E-state index is 15.8. The minimum atomic E-state index is -4.41. The van der Waals surface area contributed by atoms with E-state index < -0.39 is 33.0 Å². The molecule has 1 fully saturated rings. The number of anilines is 4. The van der Waals surface area contributed by atoms with Crippen LogP contribution in [0.2, 0.25) is 10.0 Å². The lowest BCUT2D eigenvalue weighted by molar-refractivity contribution is 0.00363. The molecule has 7 rings (SSSR count). The highest BCUT2D eigenvalue weighted by Gasteiger charge is 2.25. The van der Waals surface area contributed by atoms with Gasteiger partial charge in [-0.1, -0.05) is 35.3 Å². The lowest BCUT2D eigenvalue weighted by atomic mass is 10.2. The standard InChI is InChI=1S/C31H24Cl2F2N8O4S/c32-18-3-1-6-24(26(18)33)48(45,46)41-20-8-7-19(34)28(27(20)35)40-31-29-21(36-15-37-31)9-10-25(39-29)43-16-38-30-22(4-2-5-23(30)43)42-11-12-47-17(13-42)14-44/h1-10,15-17,41,44H,11-14H2,(H,36,37,40)/t17-/m1/s1. The first-order valence-electron chi connectivity index (χ1n) is 14.4. The minimum Gasteiger partial charge on any atom is -0.394 e. The first-order chi connectivity index (χ1) is 23.1. The van der Waals surface area contributed by atoms with E-state index >= 15 is 8.78 Å². The van der Waals surface area contributed by atoms with Gasteiger partial charge in [0.05, 0.1) is 51.8 Å². The van der Waals surface area contributed by atoms with E-state index in [1.54, 1.807) is 23.0 Å². The summed E-state index contributed by atoms with van der Waals surface area (Å²) in [5.74, 6) is -1.86. The van der Waals surface area contributed by atoms with Gasteiger partial charge in [0.25, 0.3) is 10.0 Å². The van der Waals surface area contributed by atoms with Crippen molar-refractivity contribution >= 4 is 78.2 Å². The second-order valence-electron chi connectivity index (χ2n) is 10.7. The smallest absolute Gasteiger partial charge is 0.263 e. The molecule has 0 saturated carbocycles. The van der Waals surface area contributed by atoms with Gasteiger partial charge >= 0.3 is 0 Å². The van der Waals surface area contributed by atoms with Gasteiger partial charge in [0.15, 0.2) is 11.6 Å². The average molecular weight is 714 g/mol. The number of hydrogen-bond donors (Lipinski definition) is 3. The van der Waals surface area contributed by atoms with Crippen LogP contribution >= 0.6 is 23.2 Å². The van der Waals surface area contributed by atoms with E-state index in [4.69, 9.17) is 32.9 Å². The Kier molecular flexibility index (Phi) is 8.47. The fraction of sp³-hybridized carbons (Fsp3) is 0.161. The Bertz CT molecular complexity index is 2310. The third-order valence-corrected chi connectivity index (χ3v) is 10.1. The van der Waals surface area contributed by atoms with Crippen molar-refractivity contribution in [3.8, 4) is 5.82 Å². The molecule has 1 aliphatic rings. The quantitative estimate of drug-likeness (QED) is 0.180. The highest BCUT2D eigenvalue weighted by atomic mass is 35.5. The fourth-order valence-corrected chi connectivity index (χ4v) is 7.24. The first kappa shape index (κ1) is 31.9. The number of nitrogens with zero attached hydrogens (tertiary/aromatic N) is 6. The Hall–Kier alpha value is -4.67. The van der Waals surface area contributed by atoms with Crippen LogP contribution in [-0.4, -0.2) is 70.4 Å². The summed E-state index contributed by atoms with van der Waals surface area (Å²) in [4.78, 5) is 19.5. The van der Waals surface area contributed by atoms with Crippen LogP contribution in [0.15, 0.2) is 78.2 Å². The van der Waals surface area contributed by atoms with Crippen LogP contribution in [0, 0.1) is 11.6 Å². The number of morpholine rings is 1. The average Bonchev–Trinajstić information content (AvgIpc) is 3.53. The third kappa shape index (κ3) is 5.84. The molecule has 0 spiro atoms. The van der Waals surface area contributed by atoms with Gasteiger partial charge in [-0.2, -0.15) is 0 Å². The van der Waals surface area contributed by atoms with Crippen molar-refractivity contribution in [2.45, 2.75) is 11.0 Å². The summed E-state index contributed by atoms with van der Waals surface area (Å²) >= 11 is 12.0. The lowest BCUT2D eigenvalue weighted by Crippen LogP contribution is -2.44. The molecule has 0 bridgehead atoms. The van der Waals surface area contributed by atoms with E-state index in [1.807, 2.05) is 18.2 Å². The van der Waals surface area contributed by atoms with Crippen LogP contribution in [0.3, 0.4) is 0 Å². The third-order valence-electron chi connectivity index (χ3n) is 7.74. The summed E-state index contributed by atoms with van der Waals surface area (Å²) in [5, 5.41) is 12.0. The monoisotopic (exact) mass is 712 g/mol. The zero-order valence-corrected chi connectivity index (χ0v) is 26.9. The van der Waals surface area contributed by atoms with E-state index in [2.05, 4.69) is 29.9 Å². The predicted molar refractivity (Wildman–Crippen MR) is 178 cm³/mol. The topological polar surface area (TPSA) is 147 Å². The number of aromatic nitrogens is 5. The number of pyridine rings is 1. The highest BCUT2D eigenvalue weighted by Crippen LogP contribution is 2.35. The molecular formula is C31H24Cl2F2N8O4S. The summed E-state index contributed by atoms with van der Waals surface area (Å²) in [6.45, 7) is 1.52. The second-order valence-corrected chi connectivity index (χ2v) is 13.1. The normalized spacial score (nSPS) is 15.3. The van der Waals surface area contributed by atoms with Crippen LogP contribution in [-0.2, 0) is 14.8 Å². The number of fused-ring (bicyclic) bond motifs is 2. The van der Waals surface area contributed by atoms with E-state index in [0.717, 1.165) is 23.3 Å². The van der Waals surface area contributed by atoms with Crippen LogP contribution in [0.1, 0.15) is 0 Å². The SMILES string of the molecule is O=S(=O)(Nc1ccc(F)c(Nc2ncnc3ccc(-n4cnc5c(N6CCO[C@@H](CO)C6)cccc54)nc23)c1F)c1cccc(Cl)c1Cl. The number of ether oxygens (including phenoxy) is 1. The largest absolute Gasteiger partial charge is 0.394 e. The van der Waals surface area contributed by atoms with Gasteiger partial charge in [-0.25, -0.2) is 37.1 Å². The van der Waals surface area contributed by atoms with Crippen molar-refractivity contribution < 1.29 is 27.0 Å².